The van der Waals surface area contributed by atoms with E-state index in [0.29, 0.717) is 11.4 Å². The average molecular weight is 306 g/mol. The van der Waals surface area contributed by atoms with Gasteiger partial charge in [-0.1, -0.05) is 24.3 Å². The smallest absolute Gasteiger partial charge is 0.362 e. The van der Waals surface area contributed by atoms with E-state index in [1.165, 1.54) is 6.92 Å². The van der Waals surface area contributed by atoms with Crippen molar-refractivity contribution in [3.8, 4) is 5.75 Å². The van der Waals surface area contributed by atoms with Crippen LogP contribution >= 0.6 is 0 Å². The highest BCUT2D eigenvalue weighted by molar-refractivity contribution is 5.92. The second kappa shape index (κ2) is 6.27. The van der Waals surface area contributed by atoms with E-state index in [1.807, 2.05) is 30.3 Å². The molecule has 3 rings (SSSR count). The van der Waals surface area contributed by atoms with Gasteiger partial charge in [-0.15, -0.1) is 0 Å². The fourth-order valence-electron chi connectivity index (χ4n) is 2.15. The van der Waals surface area contributed by atoms with Crippen LogP contribution in [0.25, 0.3) is 10.9 Å². The van der Waals surface area contributed by atoms with Crippen molar-refractivity contribution in [1.29, 1.82) is 0 Å². The van der Waals surface area contributed by atoms with E-state index in [1.54, 1.807) is 30.3 Å². The zero-order valence-corrected chi connectivity index (χ0v) is 12.4. The average Bonchev–Trinajstić information content (AvgIpc) is 2.55. The molecule has 114 valence electrons. The first-order chi connectivity index (χ1) is 11.1. The fraction of sp³-hybridized carbons (Fsp3) is 0.0556. The second-order valence-corrected chi connectivity index (χ2v) is 4.98. The number of carbonyl (C=O) groups is 2. The SMILES string of the molecule is CC(=O)Nc1ccc(OC(=O)c2ccc3ccccc3n2)cc1. The highest BCUT2D eigenvalue weighted by Crippen LogP contribution is 2.18. The molecule has 0 saturated carbocycles. The lowest BCUT2D eigenvalue weighted by Crippen LogP contribution is -2.10. The summed E-state index contributed by atoms with van der Waals surface area (Å²) in [7, 11) is 0. The summed E-state index contributed by atoms with van der Waals surface area (Å²) in [4.78, 5) is 27.4. The van der Waals surface area contributed by atoms with Gasteiger partial charge >= 0.3 is 5.97 Å². The first kappa shape index (κ1) is 14.7. The van der Waals surface area contributed by atoms with Crippen LogP contribution in [0.15, 0.2) is 60.7 Å². The van der Waals surface area contributed by atoms with Crippen LogP contribution in [0.3, 0.4) is 0 Å². The van der Waals surface area contributed by atoms with Crippen molar-refractivity contribution in [2.75, 3.05) is 5.32 Å². The first-order valence-corrected chi connectivity index (χ1v) is 7.07. The zero-order chi connectivity index (χ0) is 16.2. The van der Waals surface area contributed by atoms with Crippen molar-refractivity contribution >= 4 is 28.5 Å². The molecule has 1 heterocycles. The maximum Gasteiger partial charge on any atom is 0.362 e. The summed E-state index contributed by atoms with van der Waals surface area (Å²) in [5.41, 5.74) is 1.62. The van der Waals surface area contributed by atoms with Crippen LogP contribution in [-0.4, -0.2) is 16.9 Å². The van der Waals surface area contributed by atoms with Gasteiger partial charge in [-0.25, -0.2) is 9.78 Å². The van der Waals surface area contributed by atoms with Crippen molar-refractivity contribution in [3.05, 3.63) is 66.4 Å². The Morgan fingerprint density at radius 1 is 0.957 bits per heavy atom. The zero-order valence-electron chi connectivity index (χ0n) is 12.4. The quantitative estimate of drug-likeness (QED) is 0.595. The van der Waals surface area contributed by atoms with E-state index < -0.39 is 5.97 Å². The van der Waals surface area contributed by atoms with E-state index in [0.717, 1.165) is 10.9 Å². The lowest BCUT2D eigenvalue weighted by Gasteiger charge is -2.06. The maximum atomic E-state index is 12.2. The van der Waals surface area contributed by atoms with Crippen molar-refractivity contribution in [2.45, 2.75) is 6.92 Å². The number of para-hydroxylation sites is 1. The van der Waals surface area contributed by atoms with Gasteiger partial charge in [0.1, 0.15) is 11.4 Å². The molecule has 0 fully saturated rings. The molecular formula is C18H14N2O3. The van der Waals surface area contributed by atoms with Crippen LogP contribution in [0.1, 0.15) is 17.4 Å². The normalized spacial score (nSPS) is 10.3. The lowest BCUT2D eigenvalue weighted by molar-refractivity contribution is -0.114. The van der Waals surface area contributed by atoms with Crippen LogP contribution in [0.2, 0.25) is 0 Å². The summed E-state index contributed by atoms with van der Waals surface area (Å²) < 4.78 is 5.30. The number of nitrogens with zero attached hydrogens (tertiary/aromatic N) is 1. The van der Waals surface area contributed by atoms with Gasteiger partial charge < -0.3 is 10.1 Å². The molecular weight excluding hydrogens is 292 g/mol. The number of aromatic nitrogens is 1. The van der Waals surface area contributed by atoms with Crippen LogP contribution in [-0.2, 0) is 4.79 Å². The molecule has 3 aromatic rings. The fourth-order valence-corrected chi connectivity index (χ4v) is 2.15. The van der Waals surface area contributed by atoms with Gasteiger partial charge in [0.2, 0.25) is 5.91 Å². The Bertz CT molecular complexity index is 873. The Morgan fingerprint density at radius 3 is 2.43 bits per heavy atom. The van der Waals surface area contributed by atoms with Crippen LogP contribution in [0.4, 0.5) is 5.69 Å². The van der Waals surface area contributed by atoms with Gasteiger partial charge in [0.05, 0.1) is 5.52 Å². The molecule has 23 heavy (non-hydrogen) atoms. The van der Waals surface area contributed by atoms with Gasteiger partial charge in [0.15, 0.2) is 0 Å². The van der Waals surface area contributed by atoms with Crippen LogP contribution in [0.5, 0.6) is 5.75 Å². The summed E-state index contributed by atoms with van der Waals surface area (Å²) in [6.45, 7) is 1.43. The summed E-state index contributed by atoms with van der Waals surface area (Å²) in [6.07, 6.45) is 0. The van der Waals surface area contributed by atoms with Gasteiger partial charge in [-0.05, 0) is 36.4 Å². The van der Waals surface area contributed by atoms with Gasteiger partial charge in [0.25, 0.3) is 0 Å². The number of esters is 1. The predicted octanol–water partition coefficient (Wildman–Crippen LogP) is 3.41. The Labute approximate surface area is 132 Å². The molecule has 0 spiro atoms. The number of amides is 1. The first-order valence-electron chi connectivity index (χ1n) is 7.07. The Balaban J connectivity index is 1.76. The van der Waals surface area contributed by atoms with Crippen molar-refractivity contribution in [2.24, 2.45) is 0 Å². The largest absolute Gasteiger partial charge is 0.422 e. The molecule has 0 aliphatic heterocycles. The molecule has 1 amide bonds. The third-order valence-electron chi connectivity index (χ3n) is 3.19. The molecule has 0 atom stereocenters. The molecule has 0 radical (unpaired) electrons. The second-order valence-electron chi connectivity index (χ2n) is 4.98. The minimum Gasteiger partial charge on any atom is -0.422 e. The molecule has 0 aliphatic carbocycles. The molecule has 5 heteroatoms. The molecule has 0 aliphatic rings. The standard InChI is InChI=1S/C18H14N2O3/c1-12(21)19-14-7-9-15(10-8-14)23-18(22)17-11-6-13-4-2-3-5-16(13)20-17/h2-11H,1H3,(H,19,21). The van der Waals surface area contributed by atoms with E-state index in [-0.39, 0.29) is 11.6 Å². The molecule has 1 aromatic heterocycles. The van der Waals surface area contributed by atoms with E-state index in [2.05, 4.69) is 10.3 Å². The third kappa shape index (κ3) is 3.52. The predicted molar refractivity (Wildman–Crippen MR) is 87.4 cm³/mol. The van der Waals surface area contributed by atoms with Gasteiger partial charge in [0, 0.05) is 18.0 Å². The number of carbonyl (C=O) groups excluding carboxylic acids is 2. The number of anilines is 1. The summed E-state index contributed by atoms with van der Waals surface area (Å²) >= 11 is 0. The van der Waals surface area contributed by atoms with Crippen molar-refractivity contribution in [1.82, 2.24) is 4.98 Å². The summed E-state index contributed by atoms with van der Waals surface area (Å²) in [5.74, 6) is -0.294. The van der Waals surface area contributed by atoms with Crippen LogP contribution < -0.4 is 10.1 Å². The number of hydrogen-bond donors (Lipinski definition) is 1. The number of pyridine rings is 1. The molecule has 1 N–H and O–H groups in total. The molecule has 0 unspecified atom stereocenters. The molecule has 2 aromatic carbocycles. The molecule has 5 nitrogen and oxygen atoms in total. The highest BCUT2D eigenvalue weighted by Gasteiger charge is 2.11. The number of hydrogen-bond acceptors (Lipinski definition) is 4. The number of rotatable bonds is 3. The van der Waals surface area contributed by atoms with Gasteiger partial charge in [-0.2, -0.15) is 0 Å². The van der Waals surface area contributed by atoms with Gasteiger partial charge in [-0.3, -0.25) is 4.79 Å². The Hall–Kier alpha value is -3.21. The number of nitrogens with one attached hydrogen (secondary N) is 1. The Kier molecular flexibility index (Phi) is 4.01. The Morgan fingerprint density at radius 2 is 1.70 bits per heavy atom. The monoisotopic (exact) mass is 306 g/mol. The minimum atomic E-state index is -0.525. The van der Waals surface area contributed by atoms with Crippen LogP contribution in [0, 0.1) is 0 Å². The third-order valence-corrected chi connectivity index (χ3v) is 3.19. The van der Waals surface area contributed by atoms with E-state index in [4.69, 9.17) is 4.74 Å². The number of fused-ring (bicyclic) bond motifs is 1. The maximum absolute atomic E-state index is 12.2. The minimum absolute atomic E-state index is 0.157. The van der Waals surface area contributed by atoms with E-state index >= 15 is 0 Å². The summed E-state index contributed by atoms with van der Waals surface area (Å²) in [6, 6.07) is 17.6. The van der Waals surface area contributed by atoms with Crippen molar-refractivity contribution < 1.29 is 14.3 Å². The van der Waals surface area contributed by atoms with Crippen molar-refractivity contribution in [3.63, 3.8) is 0 Å². The highest BCUT2D eigenvalue weighted by atomic mass is 16.5. The number of ether oxygens (including phenoxy) is 1. The number of benzene rings is 2. The summed E-state index contributed by atoms with van der Waals surface area (Å²) in [5, 5.41) is 3.61. The molecule has 0 saturated heterocycles. The molecule has 0 bridgehead atoms. The topological polar surface area (TPSA) is 68.3 Å². The lowest BCUT2D eigenvalue weighted by atomic mass is 10.2. The van der Waals surface area contributed by atoms with E-state index in [9.17, 15) is 9.59 Å².